The highest BCUT2D eigenvalue weighted by Gasteiger charge is 2.21. The first-order valence-electron chi connectivity index (χ1n) is 3.94. The fourth-order valence-electron chi connectivity index (χ4n) is 0.727. The SMILES string of the molecule is CC(C)(CCl)Sc1nc[nH]c(=O)c1Cl. The first kappa shape index (κ1) is 11.9. The van der Waals surface area contributed by atoms with Crippen molar-refractivity contribution in [3.8, 4) is 0 Å². The first-order chi connectivity index (χ1) is 6.46. The van der Waals surface area contributed by atoms with Crippen molar-refractivity contribution in [1.82, 2.24) is 9.97 Å². The van der Waals surface area contributed by atoms with Crippen LogP contribution in [0.4, 0.5) is 0 Å². The number of rotatable bonds is 3. The normalized spacial score (nSPS) is 11.7. The number of nitrogens with zero attached hydrogens (tertiary/aromatic N) is 1. The molecule has 0 spiro atoms. The number of aromatic amines is 1. The Morgan fingerprint density at radius 3 is 2.86 bits per heavy atom. The van der Waals surface area contributed by atoms with Crippen molar-refractivity contribution in [2.45, 2.75) is 23.6 Å². The van der Waals surface area contributed by atoms with Crippen LogP contribution in [0.5, 0.6) is 0 Å². The maximum atomic E-state index is 11.1. The number of nitrogens with one attached hydrogen (secondary N) is 1. The maximum Gasteiger partial charge on any atom is 0.270 e. The lowest BCUT2D eigenvalue weighted by molar-refractivity contribution is 0.806. The van der Waals surface area contributed by atoms with Crippen LogP contribution in [0, 0.1) is 0 Å². The highest BCUT2D eigenvalue weighted by molar-refractivity contribution is 8.00. The van der Waals surface area contributed by atoms with Gasteiger partial charge in [0.25, 0.3) is 5.56 Å². The van der Waals surface area contributed by atoms with Crippen LogP contribution in [0.25, 0.3) is 0 Å². The van der Waals surface area contributed by atoms with E-state index in [2.05, 4.69) is 9.97 Å². The highest BCUT2D eigenvalue weighted by atomic mass is 35.5. The van der Waals surface area contributed by atoms with Crippen LogP contribution in [0.1, 0.15) is 13.8 Å². The van der Waals surface area contributed by atoms with E-state index in [1.54, 1.807) is 0 Å². The molecule has 0 radical (unpaired) electrons. The summed E-state index contributed by atoms with van der Waals surface area (Å²) in [6, 6.07) is 0. The Bertz CT molecular complexity index is 378. The third kappa shape index (κ3) is 2.90. The molecule has 1 aromatic heterocycles. The van der Waals surface area contributed by atoms with Crippen molar-refractivity contribution in [3.63, 3.8) is 0 Å². The lowest BCUT2D eigenvalue weighted by Gasteiger charge is -2.19. The van der Waals surface area contributed by atoms with Crippen molar-refractivity contribution in [2.24, 2.45) is 0 Å². The molecule has 0 saturated heterocycles. The summed E-state index contributed by atoms with van der Waals surface area (Å²) in [5.41, 5.74) is -0.325. The van der Waals surface area contributed by atoms with Gasteiger partial charge in [-0.15, -0.1) is 11.6 Å². The largest absolute Gasteiger partial charge is 0.312 e. The van der Waals surface area contributed by atoms with Gasteiger partial charge in [-0.2, -0.15) is 0 Å². The molecule has 1 rings (SSSR count). The average molecular weight is 253 g/mol. The highest BCUT2D eigenvalue weighted by Crippen LogP contribution is 2.34. The molecule has 0 atom stereocenters. The molecule has 1 N–H and O–H groups in total. The minimum Gasteiger partial charge on any atom is -0.312 e. The van der Waals surface area contributed by atoms with Gasteiger partial charge in [-0.05, 0) is 13.8 Å². The minimum atomic E-state index is -0.325. The predicted octanol–water partition coefficient (Wildman–Crippen LogP) is 2.53. The Morgan fingerprint density at radius 2 is 2.29 bits per heavy atom. The number of aromatic nitrogens is 2. The van der Waals surface area contributed by atoms with E-state index >= 15 is 0 Å². The molecule has 3 nitrogen and oxygen atoms in total. The number of hydrogen-bond acceptors (Lipinski definition) is 3. The first-order valence-corrected chi connectivity index (χ1v) is 5.67. The molecule has 0 bridgehead atoms. The smallest absolute Gasteiger partial charge is 0.270 e. The quantitative estimate of drug-likeness (QED) is 0.511. The lowest BCUT2D eigenvalue weighted by Crippen LogP contribution is -2.18. The number of hydrogen-bond donors (Lipinski definition) is 1. The Kier molecular flexibility index (Phi) is 3.86. The molecule has 14 heavy (non-hydrogen) atoms. The molecule has 0 aliphatic carbocycles. The summed E-state index contributed by atoms with van der Waals surface area (Å²) in [7, 11) is 0. The second-order valence-corrected chi connectivity index (χ2v) is 5.69. The zero-order valence-electron chi connectivity index (χ0n) is 7.80. The third-order valence-electron chi connectivity index (χ3n) is 1.46. The van der Waals surface area contributed by atoms with Crippen molar-refractivity contribution in [1.29, 1.82) is 0 Å². The average Bonchev–Trinajstić information content (AvgIpc) is 2.13. The molecule has 6 heteroatoms. The monoisotopic (exact) mass is 252 g/mol. The molecule has 78 valence electrons. The van der Waals surface area contributed by atoms with E-state index in [0.29, 0.717) is 10.9 Å². The number of H-pyrrole nitrogens is 1. The van der Waals surface area contributed by atoms with Crippen LogP contribution in [-0.2, 0) is 0 Å². The molecule has 0 fully saturated rings. The summed E-state index contributed by atoms with van der Waals surface area (Å²) in [4.78, 5) is 17.5. The van der Waals surface area contributed by atoms with Gasteiger partial charge in [0.05, 0.1) is 6.33 Å². The number of thioether (sulfide) groups is 1. The summed E-state index contributed by atoms with van der Waals surface area (Å²) in [5.74, 6) is 0.461. The molecule has 0 aliphatic heterocycles. The molecular weight excluding hydrogens is 243 g/mol. The van der Waals surface area contributed by atoms with Crippen LogP contribution < -0.4 is 5.56 Å². The summed E-state index contributed by atoms with van der Waals surface area (Å²) in [6.45, 7) is 3.92. The Hall–Kier alpha value is -0.190. The number of alkyl halides is 1. The Balaban J connectivity index is 2.98. The van der Waals surface area contributed by atoms with E-state index in [-0.39, 0.29) is 15.3 Å². The van der Waals surface area contributed by atoms with E-state index in [1.165, 1.54) is 18.1 Å². The van der Waals surface area contributed by atoms with Crippen molar-refractivity contribution in [2.75, 3.05) is 5.88 Å². The van der Waals surface area contributed by atoms with Crippen LogP contribution in [-0.4, -0.2) is 20.6 Å². The van der Waals surface area contributed by atoms with Gasteiger partial charge in [-0.3, -0.25) is 4.79 Å². The standard InChI is InChI=1S/C8H10Cl2N2OS/c1-8(2,3-9)14-7-5(10)6(13)11-4-12-7/h4H,3H2,1-2H3,(H,11,12,13). The molecule has 0 aromatic carbocycles. The fourth-order valence-corrected chi connectivity index (χ4v) is 1.98. The van der Waals surface area contributed by atoms with Gasteiger partial charge in [0.15, 0.2) is 0 Å². The summed E-state index contributed by atoms with van der Waals surface area (Å²) in [5, 5.41) is 0.636. The Labute approximate surface area is 96.2 Å². The second kappa shape index (κ2) is 4.55. The molecule has 0 amide bonds. The molecule has 0 unspecified atom stereocenters. The molecule has 1 heterocycles. The Morgan fingerprint density at radius 1 is 1.64 bits per heavy atom. The lowest BCUT2D eigenvalue weighted by atomic mass is 10.2. The zero-order valence-corrected chi connectivity index (χ0v) is 10.1. The van der Waals surface area contributed by atoms with Gasteiger partial charge >= 0.3 is 0 Å². The van der Waals surface area contributed by atoms with Crippen LogP contribution >= 0.6 is 35.0 Å². The predicted molar refractivity (Wildman–Crippen MR) is 60.5 cm³/mol. The zero-order chi connectivity index (χ0) is 10.8. The summed E-state index contributed by atoms with van der Waals surface area (Å²) < 4.78 is -0.189. The van der Waals surface area contributed by atoms with Crippen LogP contribution in [0.3, 0.4) is 0 Å². The van der Waals surface area contributed by atoms with E-state index in [4.69, 9.17) is 23.2 Å². The summed E-state index contributed by atoms with van der Waals surface area (Å²) >= 11 is 12.9. The van der Waals surface area contributed by atoms with Crippen molar-refractivity contribution < 1.29 is 0 Å². The molecule has 1 aromatic rings. The molecular formula is C8H10Cl2N2OS. The van der Waals surface area contributed by atoms with Crippen molar-refractivity contribution >= 4 is 35.0 Å². The van der Waals surface area contributed by atoms with E-state index in [9.17, 15) is 4.79 Å². The topological polar surface area (TPSA) is 45.8 Å². The van der Waals surface area contributed by atoms with Crippen molar-refractivity contribution in [3.05, 3.63) is 21.7 Å². The van der Waals surface area contributed by atoms with E-state index in [1.807, 2.05) is 13.8 Å². The van der Waals surface area contributed by atoms with Gasteiger partial charge in [-0.1, -0.05) is 23.4 Å². The van der Waals surface area contributed by atoms with Gasteiger partial charge in [0.2, 0.25) is 0 Å². The fraction of sp³-hybridized carbons (Fsp3) is 0.500. The van der Waals surface area contributed by atoms with Crippen LogP contribution in [0.2, 0.25) is 5.02 Å². The molecule has 0 aliphatic rings. The maximum absolute atomic E-state index is 11.1. The third-order valence-corrected chi connectivity index (χ3v) is 3.95. The van der Waals surface area contributed by atoms with Gasteiger partial charge in [0.1, 0.15) is 10.0 Å². The van der Waals surface area contributed by atoms with Crippen LogP contribution in [0.15, 0.2) is 16.1 Å². The van der Waals surface area contributed by atoms with E-state index < -0.39 is 0 Å². The van der Waals surface area contributed by atoms with E-state index in [0.717, 1.165) is 0 Å². The van der Waals surface area contributed by atoms with Gasteiger partial charge in [0, 0.05) is 10.6 Å². The van der Waals surface area contributed by atoms with Gasteiger partial charge < -0.3 is 4.98 Å². The second-order valence-electron chi connectivity index (χ2n) is 3.35. The summed E-state index contributed by atoms with van der Waals surface area (Å²) in [6.07, 6.45) is 1.33. The van der Waals surface area contributed by atoms with Gasteiger partial charge in [-0.25, -0.2) is 4.98 Å². The minimum absolute atomic E-state index is 0.121. The number of halogens is 2. The molecule has 0 saturated carbocycles.